The summed E-state index contributed by atoms with van der Waals surface area (Å²) in [7, 11) is 3.33. The lowest BCUT2D eigenvalue weighted by molar-refractivity contribution is 0.0946. The van der Waals surface area contributed by atoms with Crippen LogP contribution in [0.3, 0.4) is 0 Å². The monoisotopic (exact) mass is 451 g/mol. The SMILES string of the molecule is COc1ccc(CN(Cc2nc(C(=O)NC3CC3)cs2)C(C)c2ccccc2)c(OC)c1. The van der Waals surface area contributed by atoms with Crippen LogP contribution in [0.15, 0.2) is 53.9 Å². The van der Waals surface area contributed by atoms with Crippen LogP contribution in [0.1, 0.15) is 52.4 Å². The molecular formula is C25H29N3O3S. The van der Waals surface area contributed by atoms with Crippen molar-refractivity contribution in [2.24, 2.45) is 0 Å². The van der Waals surface area contributed by atoms with Gasteiger partial charge in [-0.05, 0) is 31.4 Å². The minimum absolute atomic E-state index is 0.0746. The molecule has 32 heavy (non-hydrogen) atoms. The highest BCUT2D eigenvalue weighted by Gasteiger charge is 2.25. The molecule has 1 unspecified atom stereocenters. The number of thiazole rings is 1. The number of benzene rings is 2. The van der Waals surface area contributed by atoms with Crippen LogP contribution in [0.25, 0.3) is 0 Å². The van der Waals surface area contributed by atoms with Crippen molar-refractivity contribution in [3.8, 4) is 11.5 Å². The number of carbonyl (C=O) groups is 1. The molecule has 1 aliphatic carbocycles. The molecule has 1 heterocycles. The lowest BCUT2D eigenvalue weighted by Gasteiger charge is -2.29. The molecular weight excluding hydrogens is 422 g/mol. The van der Waals surface area contributed by atoms with Crippen molar-refractivity contribution in [1.82, 2.24) is 15.2 Å². The van der Waals surface area contributed by atoms with Gasteiger partial charge in [0.1, 0.15) is 22.2 Å². The average Bonchev–Trinajstić information content (AvgIpc) is 3.52. The topological polar surface area (TPSA) is 63.7 Å². The van der Waals surface area contributed by atoms with Crippen LogP contribution in [-0.4, -0.2) is 36.1 Å². The van der Waals surface area contributed by atoms with Crippen LogP contribution in [-0.2, 0) is 13.1 Å². The van der Waals surface area contributed by atoms with E-state index in [0.717, 1.165) is 34.9 Å². The molecule has 2 aromatic carbocycles. The molecule has 0 aliphatic heterocycles. The smallest absolute Gasteiger partial charge is 0.270 e. The van der Waals surface area contributed by atoms with Crippen molar-refractivity contribution in [1.29, 1.82) is 0 Å². The number of hydrogen-bond acceptors (Lipinski definition) is 6. The molecule has 0 radical (unpaired) electrons. The van der Waals surface area contributed by atoms with E-state index in [0.29, 0.717) is 24.8 Å². The predicted molar refractivity (Wildman–Crippen MR) is 126 cm³/mol. The molecule has 1 saturated carbocycles. The number of nitrogens with one attached hydrogen (secondary N) is 1. The summed E-state index contributed by atoms with van der Waals surface area (Å²) in [6.45, 7) is 3.50. The van der Waals surface area contributed by atoms with Crippen LogP contribution in [0, 0.1) is 0 Å². The fourth-order valence-corrected chi connectivity index (χ4v) is 4.42. The summed E-state index contributed by atoms with van der Waals surface area (Å²) >= 11 is 1.53. The first-order chi connectivity index (χ1) is 15.6. The van der Waals surface area contributed by atoms with Crippen molar-refractivity contribution in [3.05, 3.63) is 75.7 Å². The second-order valence-electron chi connectivity index (χ2n) is 8.04. The van der Waals surface area contributed by atoms with Crippen LogP contribution in [0.4, 0.5) is 0 Å². The Morgan fingerprint density at radius 3 is 2.62 bits per heavy atom. The normalized spacial score (nSPS) is 14.2. The van der Waals surface area contributed by atoms with Gasteiger partial charge in [-0.15, -0.1) is 11.3 Å². The minimum atomic E-state index is -0.0746. The fourth-order valence-electron chi connectivity index (χ4n) is 3.62. The maximum absolute atomic E-state index is 12.4. The largest absolute Gasteiger partial charge is 0.497 e. The lowest BCUT2D eigenvalue weighted by Crippen LogP contribution is -2.27. The van der Waals surface area contributed by atoms with E-state index in [-0.39, 0.29) is 11.9 Å². The highest BCUT2D eigenvalue weighted by atomic mass is 32.1. The quantitative estimate of drug-likeness (QED) is 0.479. The molecule has 3 aromatic rings. The van der Waals surface area contributed by atoms with Crippen LogP contribution in [0.5, 0.6) is 11.5 Å². The number of nitrogens with zero attached hydrogens (tertiary/aromatic N) is 2. The Labute approximate surface area is 193 Å². The second kappa shape index (κ2) is 10.1. The maximum Gasteiger partial charge on any atom is 0.270 e. The predicted octanol–water partition coefficient (Wildman–Crippen LogP) is 4.82. The Balaban J connectivity index is 1.57. The Hall–Kier alpha value is -2.90. The first-order valence-electron chi connectivity index (χ1n) is 10.8. The summed E-state index contributed by atoms with van der Waals surface area (Å²) in [5, 5.41) is 5.79. The zero-order valence-corrected chi connectivity index (χ0v) is 19.5. The molecule has 0 saturated heterocycles. The molecule has 7 heteroatoms. The van der Waals surface area contributed by atoms with Gasteiger partial charge in [0.15, 0.2) is 0 Å². The van der Waals surface area contributed by atoms with E-state index < -0.39 is 0 Å². The highest BCUT2D eigenvalue weighted by Crippen LogP contribution is 2.31. The van der Waals surface area contributed by atoms with Crippen molar-refractivity contribution < 1.29 is 14.3 Å². The molecule has 1 atom stereocenters. The Kier molecular flexibility index (Phi) is 7.07. The summed E-state index contributed by atoms with van der Waals surface area (Å²) in [5.74, 6) is 1.48. The first-order valence-corrected chi connectivity index (χ1v) is 11.7. The Morgan fingerprint density at radius 2 is 1.94 bits per heavy atom. The van der Waals surface area contributed by atoms with Crippen molar-refractivity contribution >= 4 is 17.2 Å². The molecule has 0 bridgehead atoms. The number of ether oxygens (including phenoxy) is 2. The summed E-state index contributed by atoms with van der Waals surface area (Å²) in [4.78, 5) is 19.4. The molecule has 0 spiro atoms. The van der Waals surface area contributed by atoms with Crippen LogP contribution >= 0.6 is 11.3 Å². The Bertz CT molecular complexity index is 1050. The van der Waals surface area contributed by atoms with Gasteiger partial charge in [-0.25, -0.2) is 4.98 Å². The standard InChI is InChI=1S/C25H29N3O3S/c1-17(18-7-5-4-6-8-18)28(14-19-9-12-21(30-2)13-23(19)31-3)15-24-27-22(16-32-24)25(29)26-20-10-11-20/h4-9,12-13,16-17,20H,10-11,14-15H2,1-3H3,(H,26,29). The van der Waals surface area contributed by atoms with Gasteiger partial charge in [0.25, 0.3) is 5.91 Å². The van der Waals surface area contributed by atoms with Crippen LogP contribution < -0.4 is 14.8 Å². The summed E-state index contributed by atoms with van der Waals surface area (Å²) < 4.78 is 11.0. The fraction of sp³-hybridized carbons (Fsp3) is 0.360. The molecule has 168 valence electrons. The van der Waals surface area contributed by atoms with E-state index in [9.17, 15) is 4.79 Å². The van der Waals surface area contributed by atoms with E-state index in [1.54, 1.807) is 14.2 Å². The number of aromatic nitrogens is 1. The van der Waals surface area contributed by atoms with E-state index in [2.05, 4.69) is 46.4 Å². The van der Waals surface area contributed by atoms with E-state index in [4.69, 9.17) is 9.47 Å². The zero-order chi connectivity index (χ0) is 22.5. The first kappa shape index (κ1) is 22.3. The summed E-state index contributed by atoms with van der Waals surface area (Å²) in [5.41, 5.74) is 2.80. The molecule has 1 amide bonds. The van der Waals surface area contributed by atoms with Gasteiger partial charge >= 0.3 is 0 Å². The van der Waals surface area contributed by atoms with Crippen molar-refractivity contribution in [2.45, 2.75) is 44.9 Å². The van der Waals surface area contributed by atoms with Crippen molar-refractivity contribution in [3.63, 3.8) is 0 Å². The van der Waals surface area contributed by atoms with Gasteiger partial charge in [-0.3, -0.25) is 9.69 Å². The Morgan fingerprint density at radius 1 is 1.16 bits per heavy atom. The van der Waals surface area contributed by atoms with Gasteiger partial charge in [-0.1, -0.05) is 36.4 Å². The number of amides is 1. The molecule has 1 aromatic heterocycles. The summed E-state index contributed by atoms with van der Waals surface area (Å²) in [6, 6.07) is 16.8. The highest BCUT2D eigenvalue weighted by molar-refractivity contribution is 7.09. The second-order valence-corrected chi connectivity index (χ2v) is 8.99. The lowest BCUT2D eigenvalue weighted by atomic mass is 10.1. The van der Waals surface area contributed by atoms with Crippen LogP contribution in [0.2, 0.25) is 0 Å². The van der Waals surface area contributed by atoms with Gasteiger partial charge in [0.2, 0.25) is 0 Å². The third-order valence-electron chi connectivity index (χ3n) is 5.73. The van der Waals surface area contributed by atoms with Crippen molar-refractivity contribution in [2.75, 3.05) is 14.2 Å². The molecule has 1 aliphatic rings. The number of hydrogen-bond donors (Lipinski definition) is 1. The average molecular weight is 452 g/mol. The molecule has 1 N–H and O–H groups in total. The van der Waals surface area contributed by atoms with Gasteiger partial charge in [0.05, 0.1) is 20.8 Å². The molecule has 1 fully saturated rings. The van der Waals surface area contributed by atoms with Gasteiger partial charge in [0, 0.05) is 35.6 Å². The van der Waals surface area contributed by atoms with Gasteiger partial charge < -0.3 is 14.8 Å². The number of carbonyl (C=O) groups excluding carboxylic acids is 1. The number of methoxy groups -OCH3 is 2. The minimum Gasteiger partial charge on any atom is -0.497 e. The zero-order valence-electron chi connectivity index (χ0n) is 18.7. The summed E-state index contributed by atoms with van der Waals surface area (Å²) in [6.07, 6.45) is 2.13. The van der Waals surface area contributed by atoms with Gasteiger partial charge in [-0.2, -0.15) is 0 Å². The van der Waals surface area contributed by atoms with E-state index in [1.165, 1.54) is 16.9 Å². The molecule has 4 rings (SSSR count). The third kappa shape index (κ3) is 5.47. The molecule has 6 nitrogen and oxygen atoms in total. The van der Waals surface area contributed by atoms with E-state index >= 15 is 0 Å². The third-order valence-corrected chi connectivity index (χ3v) is 6.57. The maximum atomic E-state index is 12.4. The van der Waals surface area contributed by atoms with E-state index in [1.807, 2.05) is 29.6 Å². The number of rotatable bonds is 10.